The van der Waals surface area contributed by atoms with E-state index in [0.717, 1.165) is 30.1 Å². The van der Waals surface area contributed by atoms with Crippen molar-refractivity contribution in [2.45, 2.75) is 19.3 Å². The topological polar surface area (TPSA) is 59.3 Å². The van der Waals surface area contributed by atoms with Gasteiger partial charge < -0.3 is 9.47 Å². The largest absolute Gasteiger partial charge is 0.493 e. The third-order valence-corrected chi connectivity index (χ3v) is 4.86. The molecule has 112 valence electrons. The number of esters is 1. The molecule has 1 aromatic carbocycles. The highest BCUT2D eigenvalue weighted by Crippen LogP contribution is 2.51. The van der Waals surface area contributed by atoms with E-state index in [2.05, 4.69) is 6.07 Å². The summed E-state index contributed by atoms with van der Waals surface area (Å²) in [5.74, 6) is 2.55. The molecule has 1 aliphatic carbocycles. The highest BCUT2D eigenvalue weighted by atomic mass is 32.2. The minimum absolute atomic E-state index is 0.109. The fraction of sp³-hybridized carbons (Fsp3) is 0.500. The number of benzene rings is 1. The van der Waals surface area contributed by atoms with Gasteiger partial charge in [0.2, 0.25) is 0 Å². The third kappa shape index (κ3) is 4.98. The van der Waals surface area contributed by atoms with E-state index >= 15 is 0 Å². The molecule has 0 aliphatic heterocycles. The molecular weight excluding hydrogens is 286 g/mol. The van der Waals surface area contributed by atoms with Gasteiger partial charge in [0.15, 0.2) is 0 Å². The van der Waals surface area contributed by atoms with E-state index in [0.29, 0.717) is 18.6 Å². The van der Waals surface area contributed by atoms with Crippen LogP contribution < -0.4 is 4.74 Å². The molecule has 1 aromatic rings. The van der Waals surface area contributed by atoms with E-state index in [1.165, 1.54) is 7.11 Å². The summed E-state index contributed by atoms with van der Waals surface area (Å²) in [5, 5.41) is 8.71. The smallest absolute Gasteiger partial charge is 0.306 e. The Bertz CT molecular complexity index is 517. The second-order valence-corrected chi connectivity index (χ2v) is 6.40. The van der Waals surface area contributed by atoms with Crippen LogP contribution >= 0.6 is 11.8 Å². The summed E-state index contributed by atoms with van der Waals surface area (Å²) in [4.78, 5) is 11.3. The monoisotopic (exact) mass is 305 g/mol. The Balaban J connectivity index is 1.62. The normalized spacial score (nSPS) is 15.0. The van der Waals surface area contributed by atoms with E-state index in [1.54, 1.807) is 12.1 Å². The molecule has 0 atom stereocenters. The van der Waals surface area contributed by atoms with Gasteiger partial charge in [0.1, 0.15) is 5.75 Å². The van der Waals surface area contributed by atoms with Crippen LogP contribution in [0.1, 0.15) is 24.8 Å². The van der Waals surface area contributed by atoms with E-state index in [4.69, 9.17) is 14.7 Å². The summed E-state index contributed by atoms with van der Waals surface area (Å²) >= 11 is 1.82. The van der Waals surface area contributed by atoms with Gasteiger partial charge in [-0.3, -0.25) is 4.79 Å². The van der Waals surface area contributed by atoms with Crippen LogP contribution in [0.15, 0.2) is 24.3 Å². The number of methoxy groups -OCH3 is 1. The number of carbonyl (C=O) groups excluding carboxylic acids is 1. The van der Waals surface area contributed by atoms with Gasteiger partial charge in [-0.15, -0.1) is 0 Å². The summed E-state index contributed by atoms with van der Waals surface area (Å²) in [6, 6.07) is 9.19. The summed E-state index contributed by atoms with van der Waals surface area (Å²) in [6.07, 6.45) is 2.77. The van der Waals surface area contributed by atoms with Crippen LogP contribution in [-0.2, 0) is 9.53 Å². The molecule has 4 nitrogen and oxygen atoms in total. The van der Waals surface area contributed by atoms with Crippen molar-refractivity contribution in [1.29, 1.82) is 5.26 Å². The van der Waals surface area contributed by atoms with Gasteiger partial charge in [0, 0.05) is 5.75 Å². The molecule has 0 N–H and O–H groups in total. The maximum absolute atomic E-state index is 11.3. The molecule has 0 aromatic heterocycles. The maximum Gasteiger partial charge on any atom is 0.306 e. The molecule has 0 saturated heterocycles. The lowest BCUT2D eigenvalue weighted by atomic mass is 10.1. The Morgan fingerprint density at radius 1 is 1.38 bits per heavy atom. The SMILES string of the molecule is COC(=O)CC1(CSCCOc2ccc(C#N)cc2)CC1. The fourth-order valence-electron chi connectivity index (χ4n) is 2.06. The number of rotatable bonds is 8. The maximum atomic E-state index is 11.3. The highest BCUT2D eigenvalue weighted by molar-refractivity contribution is 7.99. The van der Waals surface area contributed by atoms with Crippen LogP contribution in [0.4, 0.5) is 0 Å². The first-order chi connectivity index (χ1) is 10.2. The molecule has 2 rings (SSSR count). The van der Waals surface area contributed by atoms with Crippen molar-refractivity contribution in [3.63, 3.8) is 0 Å². The molecule has 1 aliphatic rings. The van der Waals surface area contributed by atoms with E-state index in [9.17, 15) is 4.79 Å². The zero-order chi connectivity index (χ0) is 15.1. The average Bonchev–Trinajstić information content (AvgIpc) is 3.27. The second-order valence-electron chi connectivity index (χ2n) is 5.29. The number of ether oxygens (including phenoxy) is 2. The Labute approximate surface area is 129 Å². The van der Waals surface area contributed by atoms with Crippen molar-refractivity contribution < 1.29 is 14.3 Å². The average molecular weight is 305 g/mol. The van der Waals surface area contributed by atoms with Crippen molar-refractivity contribution in [3.8, 4) is 11.8 Å². The molecule has 0 bridgehead atoms. The van der Waals surface area contributed by atoms with E-state index in [-0.39, 0.29) is 11.4 Å². The minimum Gasteiger partial charge on any atom is -0.493 e. The van der Waals surface area contributed by atoms with Crippen LogP contribution in [0.25, 0.3) is 0 Å². The molecular formula is C16H19NO3S. The third-order valence-electron chi connectivity index (χ3n) is 3.59. The van der Waals surface area contributed by atoms with Gasteiger partial charge >= 0.3 is 5.97 Å². The second kappa shape index (κ2) is 7.37. The highest BCUT2D eigenvalue weighted by Gasteiger charge is 2.44. The minimum atomic E-state index is -0.109. The number of hydrogen-bond acceptors (Lipinski definition) is 5. The molecule has 0 radical (unpaired) electrons. The van der Waals surface area contributed by atoms with Crippen molar-refractivity contribution >= 4 is 17.7 Å². The molecule has 0 amide bonds. The molecule has 0 unspecified atom stereocenters. The summed E-state index contributed by atoms with van der Waals surface area (Å²) in [7, 11) is 1.44. The molecule has 1 fully saturated rings. The first-order valence-electron chi connectivity index (χ1n) is 6.95. The van der Waals surface area contributed by atoms with Crippen molar-refractivity contribution in [3.05, 3.63) is 29.8 Å². The molecule has 1 saturated carbocycles. The summed E-state index contributed by atoms with van der Waals surface area (Å²) < 4.78 is 10.4. The molecule has 0 heterocycles. The van der Waals surface area contributed by atoms with Crippen LogP contribution in [-0.4, -0.2) is 31.2 Å². The van der Waals surface area contributed by atoms with Crippen LogP contribution in [0.3, 0.4) is 0 Å². The molecule has 5 heteroatoms. The summed E-state index contributed by atoms with van der Waals surface area (Å²) in [6.45, 7) is 0.630. The fourth-order valence-corrected chi connectivity index (χ4v) is 3.23. The van der Waals surface area contributed by atoms with Gasteiger partial charge in [-0.25, -0.2) is 0 Å². The lowest BCUT2D eigenvalue weighted by Crippen LogP contribution is -2.14. The van der Waals surface area contributed by atoms with Crippen LogP contribution in [0.2, 0.25) is 0 Å². The van der Waals surface area contributed by atoms with Crippen molar-refractivity contribution in [1.82, 2.24) is 0 Å². The molecule has 0 spiro atoms. The van der Waals surface area contributed by atoms with Gasteiger partial charge in [-0.2, -0.15) is 17.0 Å². The predicted octanol–water partition coefficient (Wildman–Crippen LogP) is 3.01. The van der Waals surface area contributed by atoms with Crippen LogP contribution in [0.5, 0.6) is 5.75 Å². The van der Waals surface area contributed by atoms with Gasteiger partial charge in [-0.1, -0.05) is 0 Å². The predicted molar refractivity (Wildman–Crippen MR) is 82.3 cm³/mol. The zero-order valence-corrected chi connectivity index (χ0v) is 12.9. The van der Waals surface area contributed by atoms with Crippen LogP contribution in [0, 0.1) is 16.7 Å². The van der Waals surface area contributed by atoms with Gasteiger partial charge in [0.05, 0.1) is 31.8 Å². The summed E-state index contributed by atoms with van der Waals surface area (Å²) in [5.41, 5.74) is 0.807. The number of carbonyl (C=O) groups is 1. The number of hydrogen-bond donors (Lipinski definition) is 0. The van der Waals surface area contributed by atoms with Gasteiger partial charge in [-0.05, 0) is 48.3 Å². The lowest BCUT2D eigenvalue weighted by molar-refractivity contribution is -0.141. The number of nitrogens with zero attached hydrogens (tertiary/aromatic N) is 1. The number of thioether (sulfide) groups is 1. The Morgan fingerprint density at radius 3 is 2.67 bits per heavy atom. The number of nitriles is 1. The van der Waals surface area contributed by atoms with Gasteiger partial charge in [0.25, 0.3) is 0 Å². The molecule has 21 heavy (non-hydrogen) atoms. The zero-order valence-electron chi connectivity index (χ0n) is 12.1. The Kier molecular flexibility index (Phi) is 5.51. The first-order valence-corrected chi connectivity index (χ1v) is 8.10. The quantitative estimate of drug-likeness (QED) is 0.546. The van der Waals surface area contributed by atoms with Crippen molar-refractivity contribution in [2.24, 2.45) is 5.41 Å². The van der Waals surface area contributed by atoms with E-state index < -0.39 is 0 Å². The Morgan fingerprint density at radius 2 is 2.10 bits per heavy atom. The van der Waals surface area contributed by atoms with Crippen molar-refractivity contribution in [2.75, 3.05) is 25.2 Å². The Hall–Kier alpha value is -1.67. The first kappa shape index (κ1) is 15.7. The standard InChI is InChI=1S/C16H19NO3S/c1-19-15(18)10-16(6-7-16)12-21-9-8-20-14-4-2-13(11-17)3-5-14/h2-5H,6-10,12H2,1H3. The van der Waals surface area contributed by atoms with E-state index in [1.807, 2.05) is 23.9 Å². The lowest BCUT2D eigenvalue weighted by Gasteiger charge is -2.13.